The predicted octanol–water partition coefficient (Wildman–Crippen LogP) is 2.17. The number of benzene rings is 2. The van der Waals surface area contributed by atoms with Crippen LogP contribution < -0.4 is 0 Å². The highest BCUT2D eigenvalue weighted by Crippen LogP contribution is 2.36. The molecule has 0 bridgehead atoms. The number of rotatable bonds is 3. The summed E-state index contributed by atoms with van der Waals surface area (Å²) >= 11 is 0. The van der Waals surface area contributed by atoms with Crippen molar-refractivity contribution < 1.29 is 15.0 Å². The zero-order chi connectivity index (χ0) is 16.4. The second-order valence-corrected chi connectivity index (χ2v) is 5.66. The molecule has 3 rings (SSSR count). The lowest BCUT2D eigenvalue weighted by molar-refractivity contribution is -0.167. The van der Waals surface area contributed by atoms with Gasteiger partial charge in [-0.25, -0.2) is 0 Å². The molecule has 0 radical (unpaired) electrons. The summed E-state index contributed by atoms with van der Waals surface area (Å²) in [5.74, 6) is -0.653. The molecule has 0 aliphatic carbocycles. The van der Waals surface area contributed by atoms with Crippen LogP contribution in [0, 0.1) is 0 Å². The summed E-state index contributed by atoms with van der Waals surface area (Å²) in [5, 5.41) is 26.5. The first-order valence-electron chi connectivity index (χ1n) is 7.41. The van der Waals surface area contributed by atoms with Gasteiger partial charge >= 0.3 is 0 Å². The van der Waals surface area contributed by atoms with E-state index in [-0.39, 0.29) is 6.42 Å². The highest BCUT2D eigenvalue weighted by atomic mass is 16.3. The van der Waals surface area contributed by atoms with Gasteiger partial charge in [0.2, 0.25) is 0 Å². The number of hydrogen-bond donors (Lipinski definition) is 2. The normalized spacial score (nSPS) is 21.9. The van der Waals surface area contributed by atoms with Gasteiger partial charge in [0.1, 0.15) is 0 Å². The van der Waals surface area contributed by atoms with Crippen LogP contribution in [0.25, 0.3) is 0 Å². The Labute approximate surface area is 134 Å². The summed E-state index contributed by atoms with van der Waals surface area (Å²) in [6, 6.07) is 17.5. The molecule has 23 heavy (non-hydrogen) atoms. The van der Waals surface area contributed by atoms with E-state index in [4.69, 9.17) is 0 Å². The van der Waals surface area contributed by atoms with Gasteiger partial charge < -0.3 is 10.2 Å². The van der Waals surface area contributed by atoms with Crippen LogP contribution >= 0.6 is 0 Å². The van der Waals surface area contributed by atoms with Crippen molar-refractivity contribution in [2.75, 3.05) is 0 Å². The molecule has 1 heterocycles. The summed E-state index contributed by atoms with van der Waals surface area (Å²) < 4.78 is 0. The first-order valence-corrected chi connectivity index (χ1v) is 7.41. The van der Waals surface area contributed by atoms with Crippen LogP contribution in [0.5, 0.6) is 0 Å². The maximum absolute atomic E-state index is 12.7. The number of hydrogen-bond acceptors (Lipinski definition) is 4. The number of carbonyl (C=O) groups is 1. The molecule has 0 spiro atoms. The van der Waals surface area contributed by atoms with Crippen LogP contribution in [0.1, 0.15) is 30.6 Å². The number of amides is 1. The number of aliphatic hydroxyl groups excluding tert-OH is 1. The minimum atomic E-state index is -1.57. The summed E-state index contributed by atoms with van der Waals surface area (Å²) in [5.41, 5.74) is 0.0879. The third kappa shape index (κ3) is 2.76. The van der Waals surface area contributed by atoms with Crippen LogP contribution in [0.2, 0.25) is 0 Å². The van der Waals surface area contributed by atoms with Gasteiger partial charge in [0.15, 0.2) is 11.8 Å². The summed E-state index contributed by atoms with van der Waals surface area (Å²) in [6.07, 6.45) is -1.16. The molecule has 0 unspecified atom stereocenters. The van der Waals surface area contributed by atoms with Gasteiger partial charge in [-0.05, 0) is 12.5 Å². The van der Waals surface area contributed by atoms with Crippen LogP contribution in [0.4, 0.5) is 0 Å². The molecular formula is C18H18N2O3. The van der Waals surface area contributed by atoms with Crippen molar-refractivity contribution in [1.82, 2.24) is 5.01 Å². The van der Waals surface area contributed by atoms with Gasteiger partial charge in [0, 0.05) is 17.7 Å². The summed E-state index contributed by atoms with van der Waals surface area (Å²) in [4.78, 5) is 12.7. The molecule has 118 valence electrons. The molecule has 0 saturated heterocycles. The Balaban J connectivity index is 1.95. The topological polar surface area (TPSA) is 73.1 Å². The minimum absolute atomic E-state index is 0.213. The fourth-order valence-corrected chi connectivity index (χ4v) is 2.78. The van der Waals surface area contributed by atoms with E-state index < -0.39 is 17.7 Å². The molecule has 0 saturated carbocycles. The van der Waals surface area contributed by atoms with E-state index in [0.717, 1.165) is 5.01 Å². The molecule has 5 nitrogen and oxygen atoms in total. The Morgan fingerprint density at radius 1 is 1.13 bits per heavy atom. The van der Waals surface area contributed by atoms with E-state index in [1.807, 2.05) is 6.07 Å². The molecule has 2 N–H and O–H groups in total. The van der Waals surface area contributed by atoms with Crippen molar-refractivity contribution in [3.63, 3.8) is 0 Å². The Morgan fingerprint density at radius 3 is 2.30 bits per heavy atom. The monoisotopic (exact) mass is 310 g/mol. The zero-order valence-corrected chi connectivity index (χ0v) is 12.8. The van der Waals surface area contributed by atoms with Crippen molar-refractivity contribution in [2.45, 2.75) is 25.2 Å². The molecule has 1 aliphatic heterocycles. The molecule has 2 aromatic carbocycles. The quantitative estimate of drug-likeness (QED) is 0.912. The molecule has 2 aromatic rings. The smallest absolute Gasteiger partial charge is 0.279 e. The standard InChI is InChI=1S/C18H18N2O3/c1-13-12-18(23,15-10-6-3-7-11-15)20(19-13)17(22)16(21)14-8-4-2-5-9-14/h2-11,16,21,23H,12H2,1H3/t16-,18+/m0/s1. The van der Waals surface area contributed by atoms with Gasteiger partial charge in [-0.2, -0.15) is 10.1 Å². The van der Waals surface area contributed by atoms with Crippen LogP contribution in [-0.2, 0) is 10.5 Å². The molecule has 1 amide bonds. The Bertz CT molecular complexity index is 730. The Hall–Kier alpha value is -2.50. The van der Waals surface area contributed by atoms with E-state index in [0.29, 0.717) is 16.8 Å². The van der Waals surface area contributed by atoms with E-state index in [1.54, 1.807) is 61.5 Å². The Kier molecular flexibility index (Phi) is 3.98. The number of carbonyl (C=O) groups excluding carboxylic acids is 1. The number of nitrogens with zero attached hydrogens (tertiary/aromatic N) is 2. The van der Waals surface area contributed by atoms with E-state index in [2.05, 4.69) is 5.10 Å². The fourth-order valence-electron chi connectivity index (χ4n) is 2.78. The highest BCUT2D eigenvalue weighted by Gasteiger charge is 2.46. The first kappa shape index (κ1) is 15.4. The van der Waals surface area contributed by atoms with Crippen molar-refractivity contribution in [3.8, 4) is 0 Å². The van der Waals surface area contributed by atoms with Crippen LogP contribution in [-0.4, -0.2) is 26.8 Å². The first-order chi connectivity index (χ1) is 11.0. The van der Waals surface area contributed by atoms with Gasteiger partial charge in [0.05, 0.1) is 0 Å². The largest absolute Gasteiger partial charge is 0.378 e. The molecular weight excluding hydrogens is 292 g/mol. The Morgan fingerprint density at radius 2 is 1.70 bits per heavy atom. The maximum atomic E-state index is 12.7. The summed E-state index contributed by atoms with van der Waals surface area (Å²) in [6.45, 7) is 1.75. The average Bonchev–Trinajstić information content (AvgIpc) is 2.91. The molecule has 2 atom stereocenters. The minimum Gasteiger partial charge on any atom is -0.378 e. The SMILES string of the molecule is CC1=NN(C(=O)[C@@H](O)c2ccccc2)[C@](O)(c2ccccc2)C1. The molecule has 1 aliphatic rings. The average molecular weight is 310 g/mol. The van der Waals surface area contributed by atoms with Gasteiger partial charge in [-0.1, -0.05) is 60.7 Å². The second-order valence-electron chi connectivity index (χ2n) is 5.66. The molecule has 0 aromatic heterocycles. The van der Waals surface area contributed by atoms with Crippen LogP contribution in [0.15, 0.2) is 65.8 Å². The second kappa shape index (κ2) is 5.95. The molecule has 5 heteroatoms. The maximum Gasteiger partial charge on any atom is 0.279 e. The predicted molar refractivity (Wildman–Crippen MR) is 86.3 cm³/mol. The highest BCUT2D eigenvalue weighted by molar-refractivity contribution is 5.90. The van der Waals surface area contributed by atoms with Gasteiger partial charge in [0.25, 0.3) is 5.91 Å². The zero-order valence-electron chi connectivity index (χ0n) is 12.8. The van der Waals surface area contributed by atoms with Gasteiger partial charge in [-0.3, -0.25) is 4.79 Å². The third-order valence-corrected chi connectivity index (χ3v) is 3.92. The number of aliphatic hydroxyl groups is 2. The third-order valence-electron chi connectivity index (χ3n) is 3.92. The van der Waals surface area contributed by atoms with E-state index in [9.17, 15) is 15.0 Å². The molecule has 0 fully saturated rings. The van der Waals surface area contributed by atoms with Gasteiger partial charge in [-0.15, -0.1) is 0 Å². The lowest BCUT2D eigenvalue weighted by Gasteiger charge is -2.32. The van der Waals surface area contributed by atoms with Crippen molar-refractivity contribution in [1.29, 1.82) is 0 Å². The van der Waals surface area contributed by atoms with Crippen molar-refractivity contribution in [2.24, 2.45) is 5.10 Å². The van der Waals surface area contributed by atoms with E-state index in [1.165, 1.54) is 0 Å². The lowest BCUT2D eigenvalue weighted by Crippen LogP contribution is -2.45. The van der Waals surface area contributed by atoms with Crippen molar-refractivity contribution >= 4 is 11.6 Å². The fraction of sp³-hybridized carbons (Fsp3) is 0.222. The summed E-state index contributed by atoms with van der Waals surface area (Å²) in [7, 11) is 0. The number of hydrazone groups is 1. The van der Waals surface area contributed by atoms with Crippen molar-refractivity contribution in [3.05, 3.63) is 71.8 Å². The van der Waals surface area contributed by atoms with E-state index >= 15 is 0 Å². The lowest BCUT2D eigenvalue weighted by atomic mass is 9.97. The van der Waals surface area contributed by atoms with Crippen LogP contribution in [0.3, 0.4) is 0 Å².